The van der Waals surface area contributed by atoms with Crippen LogP contribution in [0.4, 0.5) is 8.78 Å². The van der Waals surface area contributed by atoms with Crippen LogP contribution < -0.4 is 10.6 Å². The largest absolute Gasteiger partial charge is 0.352 e. The Morgan fingerprint density at radius 1 is 1.43 bits per heavy atom. The Morgan fingerprint density at radius 2 is 2.10 bits per heavy atom. The fourth-order valence-electron chi connectivity index (χ4n) is 2.74. The third-order valence-corrected chi connectivity index (χ3v) is 3.94. The minimum Gasteiger partial charge on any atom is -0.352 e. The Morgan fingerprint density at radius 3 is 2.71 bits per heavy atom. The quantitative estimate of drug-likeness (QED) is 0.896. The van der Waals surface area contributed by atoms with Crippen LogP contribution >= 0.6 is 0 Å². The molecule has 1 fully saturated rings. The van der Waals surface area contributed by atoms with E-state index in [1.807, 2.05) is 0 Å². The number of piperidine rings is 1. The van der Waals surface area contributed by atoms with Crippen molar-refractivity contribution in [2.75, 3.05) is 6.54 Å². The molecule has 2 N–H and O–H groups in total. The number of hydrogen-bond donors (Lipinski definition) is 2. The smallest absolute Gasteiger partial charge is 0.237 e. The molecule has 3 unspecified atom stereocenters. The van der Waals surface area contributed by atoms with Crippen LogP contribution in [0.1, 0.15) is 32.3 Å². The highest BCUT2D eigenvalue weighted by atomic mass is 19.1. The van der Waals surface area contributed by atoms with Crippen molar-refractivity contribution in [3.05, 3.63) is 35.4 Å². The van der Waals surface area contributed by atoms with Gasteiger partial charge in [0.15, 0.2) is 0 Å². The van der Waals surface area contributed by atoms with Gasteiger partial charge in [-0.15, -0.1) is 0 Å². The topological polar surface area (TPSA) is 41.1 Å². The van der Waals surface area contributed by atoms with Crippen LogP contribution in [0.2, 0.25) is 0 Å². The van der Waals surface area contributed by atoms with Crippen molar-refractivity contribution in [2.24, 2.45) is 5.92 Å². The van der Waals surface area contributed by atoms with Gasteiger partial charge in [0.2, 0.25) is 5.91 Å². The molecule has 1 aliphatic heterocycles. The summed E-state index contributed by atoms with van der Waals surface area (Å²) in [6.45, 7) is 4.71. The number of nitrogens with one attached hydrogen (secondary N) is 2. The monoisotopic (exact) mass is 296 g/mol. The van der Waals surface area contributed by atoms with Gasteiger partial charge >= 0.3 is 0 Å². The first-order valence-corrected chi connectivity index (χ1v) is 7.44. The molecule has 1 saturated heterocycles. The highest BCUT2D eigenvalue weighted by Gasteiger charge is 2.25. The molecule has 1 aromatic rings. The molecule has 1 aliphatic rings. The molecule has 1 amide bonds. The van der Waals surface area contributed by atoms with Gasteiger partial charge in [-0.25, -0.2) is 8.78 Å². The highest BCUT2D eigenvalue weighted by molar-refractivity contribution is 5.82. The number of carbonyl (C=O) groups excluding carboxylic acids is 1. The van der Waals surface area contributed by atoms with Crippen molar-refractivity contribution in [3.63, 3.8) is 0 Å². The molecule has 116 valence electrons. The van der Waals surface area contributed by atoms with Crippen LogP contribution in [0, 0.1) is 17.6 Å². The van der Waals surface area contributed by atoms with Crippen LogP contribution in [0.15, 0.2) is 18.2 Å². The van der Waals surface area contributed by atoms with Crippen molar-refractivity contribution in [1.82, 2.24) is 10.6 Å². The lowest BCUT2D eigenvalue weighted by Crippen LogP contribution is -2.50. The van der Waals surface area contributed by atoms with E-state index < -0.39 is 11.6 Å². The normalized spacial score (nSPS) is 23.6. The lowest BCUT2D eigenvalue weighted by Gasteiger charge is -2.28. The predicted molar refractivity (Wildman–Crippen MR) is 77.9 cm³/mol. The van der Waals surface area contributed by atoms with E-state index in [1.165, 1.54) is 18.2 Å². The maximum absolute atomic E-state index is 13.6. The Kier molecular flexibility index (Phi) is 5.28. The SMILES string of the molecule is CC1CCNC(C(=O)NC(C)Cc2c(F)cccc2F)C1. The number of rotatable bonds is 4. The Bertz CT molecular complexity index is 487. The summed E-state index contributed by atoms with van der Waals surface area (Å²) in [4.78, 5) is 12.2. The minimum atomic E-state index is -0.569. The van der Waals surface area contributed by atoms with Crippen LogP contribution in [0.25, 0.3) is 0 Å². The van der Waals surface area contributed by atoms with E-state index in [0.29, 0.717) is 5.92 Å². The summed E-state index contributed by atoms with van der Waals surface area (Å²) >= 11 is 0. The maximum Gasteiger partial charge on any atom is 0.237 e. The molecule has 0 bridgehead atoms. The molecule has 5 heteroatoms. The lowest BCUT2D eigenvalue weighted by atomic mass is 9.93. The first-order chi connectivity index (χ1) is 9.97. The molecule has 0 aliphatic carbocycles. The van der Waals surface area contributed by atoms with E-state index in [1.54, 1.807) is 6.92 Å². The molecular weight excluding hydrogens is 274 g/mol. The molecule has 1 heterocycles. The first kappa shape index (κ1) is 15.9. The second kappa shape index (κ2) is 6.98. The number of benzene rings is 1. The number of carbonyl (C=O) groups is 1. The summed E-state index contributed by atoms with van der Waals surface area (Å²) in [6, 6.07) is 3.28. The van der Waals surface area contributed by atoms with Crippen molar-refractivity contribution >= 4 is 5.91 Å². The van der Waals surface area contributed by atoms with E-state index in [-0.39, 0.29) is 30.0 Å². The molecule has 0 aromatic heterocycles. The molecule has 0 spiro atoms. The first-order valence-electron chi connectivity index (χ1n) is 7.44. The number of hydrogen-bond acceptors (Lipinski definition) is 2. The van der Waals surface area contributed by atoms with E-state index in [4.69, 9.17) is 0 Å². The van der Waals surface area contributed by atoms with Gasteiger partial charge < -0.3 is 10.6 Å². The van der Waals surface area contributed by atoms with Gasteiger partial charge in [-0.3, -0.25) is 4.79 Å². The molecule has 0 saturated carbocycles. The standard InChI is InChI=1S/C16H22F2N2O/c1-10-6-7-19-15(8-10)16(21)20-11(2)9-12-13(17)4-3-5-14(12)18/h3-5,10-11,15,19H,6-9H2,1-2H3,(H,20,21). The summed E-state index contributed by atoms with van der Waals surface area (Å²) in [6.07, 6.45) is 2.01. The summed E-state index contributed by atoms with van der Waals surface area (Å²) in [7, 11) is 0. The Hall–Kier alpha value is -1.49. The van der Waals surface area contributed by atoms with E-state index >= 15 is 0 Å². The summed E-state index contributed by atoms with van der Waals surface area (Å²) < 4.78 is 27.2. The second-order valence-corrected chi connectivity index (χ2v) is 5.95. The fourth-order valence-corrected chi connectivity index (χ4v) is 2.74. The van der Waals surface area contributed by atoms with Crippen LogP contribution in [-0.4, -0.2) is 24.5 Å². The molecule has 1 aromatic carbocycles. The van der Waals surface area contributed by atoms with Crippen molar-refractivity contribution in [1.29, 1.82) is 0 Å². The van der Waals surface area contributed by atoms with Crippen molar-refractivity contribution in [3.8, 4) is 0 Å². The van der Waals surface area contributed by atoms with E-state index in [2.05, 4.69) is 17.6 Å². The summed E-state index contributed by atoms with van der Waals surface area (Å²) in [5, 5.41) is 6.02. The maximum atomic E-state index is 13.6. The zero-order valence-electron chi connectivity index (χ0n) is 12.5. The van der Waals surface area contributed by atoms with E-state index in [0.717, 1.165) is 19.4 Å². The van der Waals surface area contributed by atoms with Crippen LogP contribution in [-0.2, 0) is 11.2 Å². The van der Waals surface area contributed by atoms with Gasteiger partial charge in [0.25, 0.3) is 0 Å². The molecule has 3 atom stereocenters. The number of amides is 1. The average Bonchev–Trinajstić information content (AvgIpc) is 2.43. The lowest BCUT2D eigenvalue weighted by molar-refractivity contribution is -0.124. The Balaban J connectivity index is 1.92. The molecule has 3 nitrogen and oxygen atoms in total. The number of halogens is 2. The third-order valence-electron chi connectivity index (χ3n) is 3.94. The van der Waals surface area contributed by atoms with Gasteiger partial charge in [-0.2, -0.15) is 0 Å². The second-order valence-electron chi connectivity index (χ2n) is 5.95. The van der Waals surface area contributed by atoms with Gasteiger partial charge in [-0.05, 0) is 50.8 Å². The zero-order valence-corrected chi connectivity index (χ0v) is 12.5. The fraction of sp³-hybridized carbons (Fsp3) is 0.562. The molecule has 21 heavy (non-hydrogen) atoms. The minimum absolute atomic E-state index is 0.0234. The van der Waals surface area contributed by atoms with E-state index in [9.17, 15) is 13.6 Å². The van der Waals surface area contributed by atoms with Gasteiger partial charge in [-0.1, -0.05) is 13.0 Å². The van der Waals surface area contributed by atoms with Crippen LogP contribution in [0.5, 0.6) is 0 Å². The molecular formula is C16H22F2N2O. The highest BCUT2D eigenvalue weighted by Crippen LogP contribution is 2.16. The van der Waals surface area contributed by atoms with Gasteiger partial charge in [0.05, 0.1) is 6.04 Å². The Labute approximate surface area is 124 Å². The van der Waals surface area contributed by atoms with Gasteiger partial charge in [0, 0.05) is 11.6 Å². The molecule has 2 rings (SSSR count). The zero-order chi connectivity index (χ0) is 15.4. The average molecular weight is 296 g/mol. The summed E-state index contributed by atoms with van der Waals surface area (Å²) in [5.74, 6) is -0.715. The summed E-state index contributed by atoms with van der Waals surface area (Å²) in [5.41, 5.74) is 0.0234. The third kappa shape index (κ3) is 4.24. The predicted octanol–water partition coefficient (Wildman–Crippen LogP) is 2.40. The molecule has 0 radical (unpaired) electrons. The van der Waals surface area contributed by atoms with Crippen molar-refractivity contribution < 1.29 is 13.6 Å². The van der Waals surface area contributed by atoms with Crippen LogP contribution in [0.3, 0.4) is 0 Å². The van der Waals surface area contributed by atoms with Crippen molar-refractivity contribution in [2.45, 2.75) is 45.2 Å². The van der Waals surface area contributed by atoms with Gasteiger partial charge in [0.1, 0.15) is 11.6 Å².